The lowest BCUT2D eigenvalue weighted by atomic mass is 10.1. The molecule has 1 heterocycles. The third-order valence-electron chi connectivity index (χ3n) is 3.41. The standard InChI is InChI=1S/C16H14N2O/c1-10-13-9-12(16(17)19)7-8-14(13)18-15(10)11-5-3-2-4-6-11/h2-9,18H,1H3,(H2,17,19). The SMILES string of the molecule is Cc1c(-c2ccccc2)[nH]c2ccc(C(N)=O)cc12. The highest BCUT2D eigenvalue weighted by molar-refractivity contribution is 5.99. The highest BCUT2D eigenvalue weighted by Crippen LogP contribution is 2.29. The summed E-state index contributed by atoms with van der Waals surface area (Å²) in [7, 11) is 0. The lowest BCUT2D eigenvalue weighted by Gasteiger charge is -1.99. The molecule has 2 aromatic carbocycles. The van der Waals surface area contributed by atoms with E-state index in [1.165, 1.54) is 0 Å². The van der Waals surface area contributed by atoms with Crippen molar-refractivity contribution < 1.29 is 4.79 Å². The maximum atomic E-state index is 11.2. The number of aryl methyl sites for hydroxylation is 1. The number of nitrogens with one attached hydrogen (secondary N) is 1. The Morgan fingerprint density at radius 3 is 2.53 bits per heavy atom. The molecule has 0 bridgehead atoms. The van der Waals surface area contributed by atoms with E-state index in [2.05, 4.69) is 17.1 Å². The van der Waals surface area contributed by atoms with Crippen molar-refractivity contribution in [3.05, 3.63) is 59.7 Å². The van der Waals surface area contributed by atoms with Crippen LogP contribution in [0.2, 0.25) is 0 Å². The maximum Gasteiger partial charge on any atom is 0.248 e. The van der Waals surface area contributed by atoms with Gasteiger partial charge in [-0.25, -0.2) is 0 Å². The van der Waals surface area contributed by atoms with E-state index in [0.29, 0.717) is 5.56 Å². The second kappa shape index (κ2) is 4.28. The largest absolute Gasteiger partial charge is 0.366 e. The number of rotatable bonds is 2. The second-order valence-electron chi connectivity index (χ2n) is 4.62. The van der Waals surface area contributed by atoms with Crippen LogP contribution in [0.4, 0.5) is 0 Å². The van der Waals surface area contributed by atoms with Crippen LogP contribution >= 0.6 is 0 Å². The van der Waals surface area contributed by atoms with Crippen LogP contribution in [0.25, 0.3) is 22.2 Å². The summed E-state index contributed by atoms with van der Waals surface area (Å²) in [5, 5.41) is 1.04. The van der Waals surface area contributed by atoms with Crippen LogP contribution in [-0.4, -0.2) is 10.9 Å². The molecule has 3 heteroatoms. The Labute approximate surface area is 111 Å². The molecule has 3 rings (SSSR count). The Balaban J connectivity index is 2.24. The molecule has 1 aromatic heterocycles. The van der Waals surface area contributed by atoms with Gasteiger partial charge in [0.25, 0.3) is 0 Å². The van der Waals surface area contributed by atoms with Crippen LogP contribution in [0.15, 0.2) is 48.5 Å². The molecular formula is C16H14N2O. The summed E-state index contributed by atoms with van der Waals surface area (Å²) in [5.74, 6) is -0.399. The fourth-order valence-corrected chi connectivity index (χ4v) is 2.37. The van der Waals surface area contributed by atoms with E-state index >= 15 is 0 Å². The monoisotopic (exact) mass is 250 g/mol. The summed E-state index contributed by atoms with van der Waals surface area (Å²) in [6.07, 6.45) is 0. The summed E-state index contributed by atoms with van der Waals surface area (Å²) in [5.41, 5.74) is 10.2. The van der Waals surface area contributed by atoms with Gasteiger partial charge in [0.15, 0.2) is 0 Å². The number of benzene rings is 2. The van der Waals surface area contributed by atoms with Crippen molar-refractivity contribution in [1.29, 1.82) is 0 Å². The van der Waals surface area contributed by atoms with E-state index in [1.54, 1.807) is 6.07 Å². The molecule has 0 fully saturated rings. The lowest BCUT2D eigenvalue weighted by Crippen LogP contribution is -2.10. The molecule has 0 unspecified atom stereocenters. The van der Waals surface area contributed by atoms with Gasteiger partial charge < -0.3 is 10.7 Å². The summed E-state index contributed by atoms with van der Waals surface area (Å²) in [4.78, 5) is 14.6. The molecule has 94 valence electrons. The van der Waals surface area contributed by atoms with Gasteiger partial charge in [0.2, 0.25) is 5.91 Å². The summed E-state index contributed by atoms with van der Waals surface area (Å²) >= 11 is 0. The van der Waals surface area contributed by atoms with Crippen molar-refractivity contribution in [2.24, 2.45) is 5.73 Å². The number of amides is 1. The number of primary amides is 1. The van der Waals surface area contributed by atoms with Gasteiger partial charge in [-0.3, -0.25) is 4.79 Å². The highest BCUT2D eigenvalue weighted by Gasteiger charge is 2.11. The molecule has 0 aliphatic carbocycles. The number of aromatic nitrogens is 1. The molecule has 3 N–H and O–H groups in total. The molecule has 0 radical (unpaired) electrons. The van der Waals surface area contributed by atoms with Gasteiger partial charge in [0, 0.05) is 22.2 Å². The Morgan fingerprint density at radius 1 is 1.11 bits per heavy atom. The zero-order chi connectivity index (χ0) is 13.4. The van der Waals surface area contributed by atoms with E-state index in [1.807, 2.05) is 37.3 Å². The zero-order valence-corrected chi connectivity index (χ0v) is 10.6. The molecule has 0 saturated heterocycles. The highest BCUT2D eigenvalue weighted by atomic mass is 16.1. The van der Waals surface area contributed by atoms with Crippen LogP contribution in [0.5, 0.6) is 0 Å². The van der Waals surface area contributed by atoms with Crippen LogP contribution in [0.1, 0.15) is 15.9 Å². The molecule has 0 aliphatic rings. The second-order valence-corrected chi connectivity index (χ2v) is 4.62. The Hall–Kier alpha value is -2.55. The first-order valence-electron chi connectivity index (χ1n) is 6.14. The first-order valence-corrected chi connectivity index (χ1v) is 6.14. The van der Waals surface area contributed by atoms with Crippen molar-refractivity contribution >= 4 is 16.8 Å². The third kappa shape index (κ3) is 1.89. The van der Waals surface area contributed by atoms with Gasteiger partial charge in [-0.1, -0.05) is 30.3 Å². The van der Waals surface area contributed by atoms with Gasteiger partial charge >= 0.3 is 0 Å². The lowest BCUT2D eigenvalue weighted by molar-refractivity contribution is 0.100. The minimum atomic E-state index is -0.399. The topological polar surface area (TPSA) is 58.9 Å². The molecule has 0 spiro atoms. The molecule has 19 heavy (non-hydrogen) atoms. The van der Waals surface area contributed by atoms with Crippen molar-refractivity contribution in [2.45, 2.75) is 6.92 Å². The van der Waals surface area contributed by atoms with E-state index < -0.39 is 5.91 Å². The first kappa shape index (κ1) is 11.5. The minimum absolute atomic E-state index is 0.399. The summed E-state index contributed by atoms with van der Waals surface area (Å²) in [6.45, 7) is 2.05. The molecule has 3 aromatic rings. The fraction of sp³-hybridized carbons (Fsp3) is 0.0625. The predicted molar refractivity (Wildman–Crippen MR) is 77.0 cm³/mol. The average Bonchev–Trinajstić information content (AvgIpc) is 2.77. The first-order chi connectivity index (χ1) is 9.16. The maximum absolute atomic E-state index is 11.2. The van der Waals surface area contributed by atoms with Crippen molar-refractivity contribution in [3.8, 4) is 11.3 Å². The van der Waals surface area contributed by atoms with Crippen molar-refractivity contribution in [3.63, 3.8) is 0 Å². The van der Waals surface area contributed by atoms with E-state index in [-0.39, 0.29) is 0 Å². The molecular weight excluding hydrogens is 236 g/mol. The van der Waals surface area contributed by atoms with Crippen LogP contribution in [-0.2, 0) is 0 Å². The van der Waals surface area contributed by atoms with Gasteiger partial charge in [0.05, 0.1) is 0 Å². The van der Waals surface area contributed by atoms with Gasteiger partial charge in [-0.15, -0.1) is 0 Å². The minimum Gasteiger partial charge on any atom is -0.366 e. The van der Waals surface area contributed by atoms with Gasteiger partial charge in [0.1, 0.15) is 0 Å². The van der Waals surface area contributed by atoms with Crippen molar-refractivity contribution in [2.75, 3.05) is 0 Å². The predicted octanol–water partition coefficient (Wildman–Crippen LogP) is 3.24. The van der Waals surface area contributed by atoms with E-state index in [9.17, 15) is 4.79 Å². The van der Waals surface area contributed by atoms with Crippen molar-refractivity contribution in [1.82, 2.24) is 4.98 Å². The number of hydrogen-bond donors (Lipinski definition) is 2. The number of aromatic amines is 1. The normalized spacial score (nSPS) is 10.8. The Kier molecular flexibility index (Phi) is 2.60. The number of hydrogen-bond acceptors (Lipinski definition) is 1. The van der Waals surface area contributed by atoms with Gasteiger partial charge in [-0.2, -0.15) is 0 Å². The molecule has 1 amide bonds. The summed E-state index contributed by atoms with van der Waals surface area (Å²) in [6, 6.07) is 15.6. The zero-order valence-electron chi connectivity index (χ0n) is 10.6. The molecule has 0 saturated carbocycles. The number of carbonyl (C=O) groups excluding carboxylic acids is 1. The van der Waals surface area contributed by atoms with Crippen LogP contribution < -0.4 is 5.73 Å². The van der Waals surface area contributed by atoms with Crippen LogP contribution in [0.3, 0.4) is 0 Å². The van der Waals surface area contributed by atoms with E-state index in [0.717, 1.165) is 27.7 Å². The number of nitrogens with two attached hydrogens (primary N) is 1. The Bertz CT molecular complexity index is 757. The third-order valence-corrected chi connectivity index (χ3v) is 3.41. The summed E-state index contributed by atoms with van der Waals surface area (Å²) < 4.78 is 0. The smallest absolute Gasteiger partial charge is 0.248 e. The molecule has 3 nitrogen and oxygen atoms in total. The fourth-order valence-electron chi connectivity index (χ4n) is 2.37. The quantitative estimate of drug-likeness (QED) is 0.720. The van der Waals surface area contributed by atoms with Crippen LogP contribution in [0, 0.1) is 6.92 Å². The Morgan fingerprint density at radius 2 is 1.84 bits per heavy atom. The average molecular weight is 250 g/mol. The number of fused-ring (bicyclic) bond motifs is 1. The molecule has 0 atom stereocenters. The number of H-pyrrole nitrogens is 1. The molecule has 0 aliphatic heterocycles. The van der Waals surface area contributed by atoms with E-state index in [4.69, 9.17) is 5.73 Å². The van der Waals surface area contributed by atoms with Gasteiger partial charge in [-0.05, 0) is 36.2 Å². The number of carbonyl (C=O) groups is 1.